The highest BCUT2D eigenvalue weighted by Crippen LogP contribution is 2.32. The van der Waals surface area contributed by atoms with Crippen molar-refractivity contribution in [1.29, 1.82) is 0 Å². The minimum Gasteiger partial charge on any atom is -0.341 e. The van der Waals surface area contributed by atoms with Crippen LogP contribution in [0.15, 0.2) is 60.8 Å². The van der Waals surface area contributed by atoms with Gasteiger partial charge >= 0.3 is 0 Å². The Morgan fingerprint density at radius 1 is 1.05 bits per heavy atom. The average Bonchev–Trinajstić information content (AvgIpc) is 2.63. The molecular weight excluding hydrogens is 242 g/mol. The zero-order valence-corrected chi connectivity index (χ0v) is 13.2. The molecule has 0 saturated carbocycles. The lowest BCUT2D eigenvalue weighted by Gasteiger charge is -2.25. The van der Waals surface area contributed by atoms with Gasteiger partial charge in [0.15, 0.2) is 0 Å². The van der Waals surface area contributed by atoms with Crippen LogP contribution in [0.1, 0.15) is 39.2 Å². The Hall–Kier alpha value is -1.76. The third-order valence-electron chi connectivity index (χ3n) is 3.32. The molecule has 0 atom stereocenters. The summed E-state index contributed by atoms with van der Waals surface area (Å²) in [7, 11) is 0. The fraction of sp³-hybridized carbons (Fsp3) is 0.368. The highest BCUT2D eigenvalue weighted by molar-refractivity contribution is 5.63. The van der Waals surface area contributed by atoms with Crippen LogP contribution in [0.5, 0.6) is 0 Å². The summed E-state index contributed by atoms with van der Waals surface area (Å²) >= 11 is 0. The molecule has 0 bridgehead atoms. The second-order valence-corrected chi connectivity index (χ2v) is 4.90. The molecule has 1 aliphatic heterocycles. The van der Waals surface area contributed by atoms with Gasteiger partial charge < -0.3 is 4.90 Å². The third-order valence-corrected chi connectivity index (χ3v) is 3.32. The maximum Gasteiger partial charge on any atom is 0.0443 e. The molecule has 108 valence electrons. The smallest absolute Gasteiger partial charge is 0.0443 e. The molecule has 2 rings (SSSR count). The predicted molar refractivity (Wildman–Crippen MR) is 91.2 cm³/mol. The van der Waals surface area contributed by atoms with Crippen molar-refractivity contribution in [2.24, 2.45) is 0 Å². The van der Waals surface area contributed by atoms with Gasteiger partial charge in [-0.05, 0) is 43.0 Å². The number of para-hydroxylation sites is 1. The summed E-state index contributed by atoms with van der Waals surface area (Å²) < 4.78 is 0. The van der Waals surface area contributed by atoms with Crippen molar-refractivity contribution < 1.29 is 0 Å². The van der Waals surface area contributed by atoms with Gasteiger partial charge in [-0.3, -0.25) is 0 Å². The lowest BCUT2D eigenvalue weighted by Crippen LogP contribution is -2.21. The van der Waals surface area contributed by atoms with E-state index < -0.39 is 0 Å². The number of allylic oxidation sites excluding steroid dienone is 3. The highest BCUT2D eigenvalue weighted by Gasteiger charge is 2.18. The number of hydrogen-bond acceptors (Lipinski definition) is 1. The molecule has 0 aliphatic carbocycles. The van der Waals surface area contributed by atoms with Crippen LogP contribution in [0.4, 0.5) is 5.69 Å². The van der Waals surface area contributed by atoms with Gasteiger partial charge in [-0.1, -0.05) is 57.7 Å². The van der Waals surface area contributed by atoms with Crippen molar-refractivity contribution >= 4 is 5.69 Å². The Labute approximate surface area is 124 Å². The topological polar surface area (TPSA) is 3.24 Å². The van der Waals surface area contributed by atoms with Gasteiger partial charge in [-0.25, -0.2) is 0 Å². The molecule has 0 fully saturated rings. The molecule has 20 heavy (non-hydrogen) atoms. The number of aryl methyl sites for hydroxylation is 1. The molecule has 1 nitrogen and oxygen atoms in total. The van der Waals surface area contributed by atoms with Gasteiger partial charge in [0.2, 0.25) is 0 Å². The zero-order valence-electron chi connectivity index (χ0n) is 13.2. The largest absolute Gasteiger partial charge is 0.341 e. The number of nitrogens with zero attached hydrogens (tertiary/aromatic N) is 1. The van der Waals surface area contributed by atoms with E-state index in [4.69, 9.17) is 0 Å². The molecule has 0 aromatic heterocycles. The standard InChI is InChI=1S/C16H19N.C3H8/c1-4-13-11-12-14-9-7-8-10-16(14)17(6-3)15(13)5-2;1-3-2/h4-5,7-10H,1-2,6,11-12H2,3H3;3H2,1-2H3. The van der Waals surface area contributed by atoms with E-state index in [1.165, 1.54) is 28.9 Å². The van der Waals surface area contributed by atoms with Crippen LogP contribution in [0.3, 0.4) is 0 Å². The number of benzene rings is 1. The van der Waals surface area contributed by atoms with Crippen molar-refractivity contribution in [2.75, 3.05) is 11.4 Å². The summed E-state index contributed by atoms with van der Waals surface area (Å²) in [6.45, 7) is 15.2. The first-order valence-corrected chi connectivity index (χ1v) is 7.56. The van der Waals surface area contributed by atoms with E-state index in [0.29, 0.717) is 0 Å². The molecule has 0 N–H and O–H groups in total. The van der Waals surface area contributed by atoms with E-state index in [1.54, 1.807) is 0 Å². The summed E-state index contributed by atoms with van der Waals surface area (Å²) in [5.41, 5.74) is 5.21. The van der Waals surface area contributed by atoms with Gasteiger partial charge in [0.05, 0.1) is 0 Å². The maximum absolute atomic E-state index is 3.95. The van der Waals surface area contributed by atoms with Crippen LogP contribution in [0, 0.1) is 0 Å². The molecule has 1 aliphatic rings. The predicted octanol–water partition coefficient (Wildman–Crippen LogP) is 5.50. The molecule has 0 radical (unpaired) electrons. The molecule has 1 aromatic carbocycles. The first kappa shape index (κ1) is 16.3. The maximum atomic E-state index is 3.95. The van der Waals surface area contributed by atoms with Crippen LogP contribution in [0.25, 0.3) is 0 Å². The van der Waals surface area contributed by atoms with Gasteiger partial charge in [0.1, 0.15) is 0 Å². The van der Waals surface area contributed by atoms with Crippen molar-refractivity contribution in [3.05, 3.63) is 66.4 Å². The Bertz CT molecular complexity index is 482. The van der Waals surface area contributed by atoms with E-state index >= 15 is 0 Å². The zero-order chi connectivity index (χ0) is 15.0. The fourth-order valence-electron chi connectivity index (χ4n) is 2.47. The van der Waals surface area contributed by atoms with Gasteiger partial charge in [-0.15, -0.1) is 0 Å². The molecule has 1 heterocycles. The second-order valence-electron chi connectivity index (χ2n) is 4.90. The van der Waals surface area contributed by atoms with E-state index in [-0.39, 0.29) is 0 Å². The van der Waals surface area contributed by atoms with Crippen LogP contribution in [-0.2, 0) is 6.42 Å². The molecule has 0 unspecified atom stereocenters. The minimum absolute atomic E-state index is 0.954. The SMILES string of the molecule is C=CC1=C(C=C)N(CC)c2ccccc2CC1.CCC. The van der Waals surface area contributed by atoms with Gasteiger partial charge in [0.25, 0.3) is 0 Å². The Balaban J connectivity index is 0.000000612. The van der Waals surface area contributed by atoms with E-state index in [0.717, 1.165) is 19.4 Å². The second kappa shape index (κ2) is 8.42. The lowest BCUT2D eigenvalue weighted by molar-refractivity contribution is 0.963. The van der Waals surface area contributed by atoms with E-state index in [9.17, 15) is 0 Å². The first-order valence-electron chi connectivity index (χ1n) is 7.56. The molecule has 1 heteroatoms. The van der Waals surface area contributed by atoms with E-state index in [2.05, 4.69) is 63.1 Å². The summed E-state index contributed by atoms with van der Waals surface area (Å²) in [6, 6.07) is 8.61. The normalized spacial score (nSPS) is 13.8. The van der Waals surface area contributed by atoms with Crippen molar-refractivity contribution in [3.8, 4) is 0 Å². The first-order chi connectivity index (χ1) is 9.73. The Kier molecular flexibility index (Phi) is 6.86. The van der Waals surface area contributed by atoms with Crippen molar-refractivity contribution in [3.63, 3.8) is 0 Å². The Morgan fingerprint density at radius 3 is 2.25 bits per heavy atom. The number of likely N-dealkylation sites (N-methyl/N-ethyl adjacent to an activating group) is 1. The lowest BCUT2D eigenvalue weighted by atomic mass is 10.0. The van der Waals surface area contributed by atoms with Crippen molar-refractivity contribution in [1.82, 2.24) is 0 Å². The van der Waals surface area contributed by atoms with Crippen molar-refractivity contribution in [2.45, 2.75) is 40.0 Å². The van der Waals surface area contributed by atoms with Crippen LogP contribution in [0.2, 0.25) is 0 Å². The minimum atomic E-state index is 0.954. The molecule has 0 saturated heterocycles. The fourth-order valence-corrected chi connectivity index (χ4v) is 2.47. The van der Waals surface area contributed by atoms with E-state index in [1.807, 2.05) is 12.2 Å². The molecule has 0 spiro atoms. The average molecular weight is 269 g/mol. The summed E-state index contributed by atoms with van der Waals surface area (Å²) in [5, 5.41) is 0. The molecule has 1 aromatic rings. The number of hydrogen-bond donors (Lipinski definition) is 0. The summed E-state index contributed by atoms with van der Waals surface area (Å²) in [6.07, 6.45) is 7.28. The Morgan fingerprint density at radius 2 is 1.70 bits per heavy atom. The number of fused-ring (bicyclic) bond motifs is 1. The quantitative estimate of drug-likeness (QED) is 0.700. The van der Waals surface area contributed by atoms with Crippen LogP contribution in [-0.4, -0.2) is 6.54 Å². The summed E-state index contributed by atoms with van der Waals surface area (Å²) in [4.78, 5) is 2.33. The highest BCUT2D eigenvalue weighted by atomic mass is 15.1. The number of anilines is 1. The van der Waals surface area contributed by atoms with Crippen LogP contribution < -0.4 is 4.90 Å². The monoisotopic (exact) mass is 269 g/mol. The molecular formula is C19H27N. The third kappa shape index (κ3) is 3.63. The van der Waals surface area contributed by atoms with Gasteiger partial charge in [0, 0.05) is 17.9 Å². The molecule has 0 amide bonds. The summed E-state index contributed by atoms with van der Waals surface area (Å²) in [5.74, 6) is 0. The number of rotatable bonds is 3. The van der Waals surface area contributed by atoms with Gasteiger partial charge in [-0.2, -0.15) is 0 Å². The van der Waals surface area contributed by atoms with Crippen LogP contribution >= 0.6 is 0 Å².